The van der Waals surface area contributed by atoms with Crippen molar-refractivity contribution in [1.29, 1.82) is 0 Å². The molecule has 0 aromatic heterocycles. The first-order chi connectivity index (χ1) is 7.75. The van der Waals surface area contributed by atoms with Crippen LogP contribution in [-0.2, 0) is 4.79 Å². The molecule has 1 aliphatic carbocycles. The number of ketones is 1. The second-order valence-electron chi connectivity index (χ2n) is 5.35. The highest BCUT2D eigenvalue weighted by Gasteiger charge is 2.24. The second kappa shape index (κ2) is 7.17. The molecule has 2 nitrogen and oxygen atoms in total. The Morgan fingerprint density at radius 3 is 3.00 bits per heavy atom. The highest BCUT2D eigenvalue weighted by Crippen LogP contribution is 2.20. The fraction of sp³-hybridized carbons (Fsp3) is 0.786. The van der Waals surface area contributed by atoms with Gasteiger partial charge in [-0.25, -0.2) is 0 Å². The van der Waals surface area contributed by atoms with Gasteiger partial charge >= 0.3 is 0 Å². The molecular weight excluding hydrogens is 234 g/mol. The van der Waals surface area contributed by atoms with Gasteiger partial charge in [-0.3, -0.25) is 4.79 Å². The first-order valence-electron chi connectivity index (χ1n) is 6.67. The monoisotopic (exact) mass is 257 g/mol. The summed E-state index contributed by atoms with van der Waals surface area (Å²) >= 11 is 0. The van der Waals surface area contributed by atoms with Gasteiger partial charge in [0.2, 0.25) is 0 Å². The summed E-state index contributed by atoms with van der Waals surface area (Å²) in [5.74, 6) is 1.43. The highest BCUT2D eigenvalue weighted by molar-refractivity contribution is 5.85. The first-order valence-corrected chi connectivity index (χ1v) is 6.67. The van der Waals surface area contributed by atoms with Gasteiger partial charge in [-0.1, -0.05) is 25.5 Å². The predicted octanol–water partition coefficient (Wildman–Crippen LogP) is 3.07. The fourth-order valence-corrected chi connectivity index (χ4v) is 2.80. The number of hydrogen-bond acceptors (Lipinski definition) is 2. The van der Waals surface area contributed by atoms with Crippen molar-refractivity contribution in [2.75, 3.05) is 19.6 Å². The van der Waals surface area contributed by atoms with Gasteiger partial charge in [0.05, 0.1) is 0 Å². The lowest BCUT2D eigenvalue weighted by atomic mass is 9.96. The quantitative estimate of drug-likeness (QED) is 0.709. The minimum atomic E-state index is 0. The summed E-state index contributed by atoms with van der Waals surface area (Å²) < 4.78 is 0. The van der Waals surface area contributed by atoms with Crippen LogP contribution < -0.4 is 0 Å². The summed E-state index contributed by atoms with van der Waals surface area (Å²) in [7, 11) is 0. The molecule has 2 rings (SSSR count). The number of nitrogens with zero attached hydrogens (tertiary/aromatic N) is 1. The lowest BCUT2D eigenvalue weighted by Crippen LogP contribution is -2.41. The van der Waals surface area contributed by atoms with E-state index in [0.29, 0.717) is 5.78 Å². The largest absolute Gasteiger partial charge is 0.302 e. The van der Waals surface area contributed by atoms with Crippen LogP contribution in [0.1, 0.15) is 39.0 Å². The average Bonchev–Trinajstić information content (AvgIpc) is 2.52. The summed E-state index contributed by atoms with van der Waals surface area (Å²) in [4.78, 5) is 13.9. The molecule has 0 aromatic carbocycles. The van der Waals surface area contributed by atoms with Crippen LogP contribution >= 0.6 is 12.4 Å². The Bertz CT molecular complexity index is 277. The highest BCUT2D eigenvalue weighted by atomic mass is 35.5. The van der Waals surface area contributed by atoms with Crippen LogP contribution in [0.3, 0.4) is 0 Å². The SMILES string of the molecule is CC1CN(CC2C=CCCCC2)CCC1=O.Cl. The third-order valence-electron chi connectivity index (χ3n) is 3.85. The van der Waals surface area contributed by atoms with Crippen LogP contribution in [0.4, 0.5) is 0 Å². The van der Waals surface area contributed by atoms with Gasteiger partial charge in [0.25, 0.3) is 0 Å². The number of likely N-dealkylation sites (tertiary alicyclic amines) is 1. The lowest BCUT2D eigenvalue weighted by molar-refractivity contribution is -0.125. The molecule has 1 saturated heterocycles. The van der Waals surface area contributed by atoms with Crippen molar-refractivity contribution in [3.63, 3.8) is 0 Å². The van der Waals surface area contributed by atoms with Gasteiger partial charge in [-0.2, -0.15) is 0 Å². The standard InChI is InChI=1S/C14H23NO.ClH/c1-12-10-15(9-8-14(12)16)11-13-6-4-2-3-5-7-13;/h4,6,12-13H,2-3,5,7-11H2,1H3;1H. The third kappa shape index (κ3) is 4.44. The van der Waals surface area contributed by atoms with Crippen LogP contribution in [0, 0.1) is 11.8 Å². The summed E-state index contributed by atoms with van der Waals surface area (Å²) in [6.45, 7) is 5.18. The van der Waals surface area contributed by atoms with E-state index in [1.165, 1.54) is 25.7 Å². The molecule has 0 N–H and O–H groups in total. The van der Waals surface area contributed by atoms with Crippen molar-refractivity contribution in [1.82, 2.24) is 4.90 Å². The Hall–Kier alpha value is -0.340. The van der Waals surface area contributed by atoms with Crippen LogP contribution in [0.5, 0.6) is 0 Å². The number of halogens is 1. The zero-order valence-corrected chi connectivity index (χ0v) is 11.5. The topological polar surface area (TPSA) is 20.3 Å². The number of piperidine rings is 1. The number of carbonyl (C=O) groups is 1. The lowest BCUT2D eigenvalue weighted by Gasteiger charge is -2.32. The molecule has 0 spiro atoms. The second-order valence-corrected chi connectivity index (χ2v) is 5.35. The molecule has 1 aliphatic heterocycles. The van der Waals surface area contributed by atoms with Crippen molar-refractivity contribution in [2.24, 2.45) is 11.8 Å². The fourth-order valence-electron chi connectivity index (χ4n) is 2.80. The van der Waals surface area contributed by atoms with Crippen molar-refractivity contribution >= 4 is 18.2 Å². The maximum absolute atomic E-state index is 11.4. The van der Waals surface area contributed by atoms with E-state index in [1.54, 1.807) is 0 Å². The molecule has 2 unspecified atom stereocenters. The minimum absolute atomic E-state index is 0. The molecular formula is C14H24ClNO. The third-order valence-corrected chi connectivity index (χ3v) is 3.85. The summed E-state index contributed by atoms with van der Waals surface area (Å²) in [5, 5.41) is 0. The van der Waals surface area contributed by atoms with Crippen LogP contribution in [0.2, 0.25) is 0 Å². The normalized spacial score (nSPS) is 30.8. The van der Waals surface area contributed by atoms with E-state index in [-0.39, 0.29) is 18.3 Å². The van der Waals surface area contributed by atoms with Crippen molar-refractivity contribution < 1.29 is 4.79 Å². The van der Waals surface area contributed by atoms with E-state index in [2.05, 4.69) is 24.0 Å². The zero-order valence-electron chi connectivity index (χ0n) is 10.7. The molecule has 1 fully saturated rings. The van der Waals surface area contributed by atoms with E-state index in [0.717, 1.165) is 32.0 Å². The molecule has 1 heterocycles. The van der Waals surface area contributed by atoms with Crippen LogP contribution in [-0.4, -0.2) is 30.3 Å². The van der Waals surface area contributed by atoms with E-state index < -0.39 is 0 Å². The van der Waals surface area contributed by atoms with Crippen molar-refractivity contribution in [3.8, 4) is 0 Å². The molecule has 0 amide bonds. The van der Waals surface area contributed by atoms with Crippen molar-refractivity contribution in [2.45, 2.75) is 39.0 Å². The maximum Gasteiger partial charge on any atom is 0.138 e. The van der Waals surface area contributed by atoms with E-state index in [4.69, 9.17) is 0 Å². The van der Waals surface area contributed by atoms with Crippen molar-refractivity contribution in [3.05, 3.63) is 12.2 Å². The molecule has 98 valence electrons. The maximum atomic E-state index is 11.4. The molecule has 2 aliphatic rings. The Balaban J connectivity index is 0.00000144. The first kappa shape index (κ1) is 14.7. The zero-order chi connectivity index (χ0) is 11.4. The molecule has 0 aromatic rings. The number of allylic oxidation sites excluding steroid dienone is 1. The van der Waals surface area contributed by atoms with Gasteiger partial charge in [0.1, 0.15) is 5.78 Å². The van der Waals surface area contributed by atoms with Crippen LogP contribution in [0.15, 0.2) is 12.2 Å². The van der Waals surface area contributed by atoms with E-state index in [9.17, 15) is 4.79 Å². The summed E-state index contributed by atoms with van der Waals surface area (Å²) in [6, 6.07) is 0. The van der Waals surface area contributed by atoms with Gasteiger partial charge in [0.15, 0.2) is 0 Å². The summed E-state index contributed by atoms with van der Waals surface area (Å²) in [6.07, 6.45) is 10.8. The Kier molecular flexibility index (Phi) is 6.21. The van der Waals surface area contributed by atoms with Gasteiger partial charge in [-0.05, 0) is 25.2 Å². The predicted molar refractivity (Wildman–Crippen MR) is 73.6 cm³/mol. The molecule has 2 atom stereocenters. The smallest absolute Gasteiger partial charge is 0.138 e. The minimum Gasteiger partial charge on any atom is -0.302 e. The summed E-state index contributed by atoms with van der Waals surface area (Å²) in [5.41, 5.74) is 0. The molecule has 17 heavy (non-hydrogen) atoms. The van der Waals surface area contributed by atoms with E-state index in [1.807, 2.05) is 0 Å². The number of rotatable bonds is 2. The van der Waals surface area contributed by atoms with E-state index >= 15 is 0 Å². The van der Waals surface area contributed by atoms with Gasteiger partial charge in [0, 0.05) is 32.0 Å². The number of hydrogen-bond donors (Lipinski definition) is 0. The Morgan fingerprint density at radius 1 is 1.41 bits per heavy atom. The number of carbonyl (C=O) groups excluding carboxylic acids is 1. The molecule has 0 radical (unpaired) electrons. The number of Topliss-reactive ketones (excluding diaryl/α,β-unsaturated/α-hetero) is 1. The average molecular weight is 258 g/mol. The van der Waals surface area contributed by atoms with Gasteiger partial charge < -0.3 is 4.90 Å². The molecule has 0 saturated carbocycles. The van der Waals surface area contributed by atoms with Crippen LogP contribution in [0.25, 0.3) is 0 Å². The Labute approximate surface area is 111 Å². The molecule has 0 bridgehead atoms. The Morgan fingerprint density at radius 2 is 2.24 bits per heavy atom. The molecule has 3 heteroatoms. The van der Waals surface area contributed by atoms with Gasteiger partial charge in [-0.15, -0.1) is 12.4 Å².